The van der Waals surface area contributed by atoms with Crippen LogP contribution in [0.2, 0.25) is 5.02 Å². The van der Waals surface area contributed by atoms with Crippen molar-refractivity contribution in [3.05, 3.63) is 77.1 Å². The van der Waals surface area contributed by atoms with Crippen molar-refractivity contribution in [3.63, 3.8) is 0 Å². The average Bonchev–Trinajstić information content (AvgIpc) is 2.77. The first-order chi connectivity index (χ1) is 15.0. The topological polar surface area (TPSA) is 104 Å². The fourth-order valence-corrected chi connectivity index (χ4v) is 3.72. The first-order valence-corrected chi connectivity index (χ1v) is 10.5. The van der Waals surface area contributed by atoms with E-state index in [1.54, 1.807) is 18.0 Å². The Balaban J connectivity index is 1.65. The van der Waals surface area contributed by atoms with Crippen molar-refractivity contribution in [2.45, 2.75) is 10.6 Å². The van der Waals surface area contributed by atoms with Crippen LogP contribution in [0.25, 0.3) is 0 Å². The number of nitrogens with zero attached hydrogens (tertiary/aromatic N) is 1. The van der Waals surface area contributed by atoms with Crippen molar-refractivity contribution in [2.24, 2.45) is 5.73 Å². The molecule has 0 atom stereocenters. The van der Waals surface area contributed by atoms with Gasteiger partial charge >= 0.3 is 0 Å². The van der Waals surface area contributed by atoms with Gasteiger partial charge in [0.05, 0.1) is 12.1 Å². The molecule has 9 heteroatoms. The summed E-state index contributed by atoms with van der Waals surface area (Å²) in [5, 5.41) is 2.95. The highest BCUT2D eigenvalue weighted by Crippen LogP contribution is 2.36. The molecule has 0 saturated carbocycles. The monoisotopic (exact) mass is 457 g/mol. The molecular weight excluding hydrogens is 438 g/mol. The normalized spacial score (nSPS) is 10.4. The number of ether oxygens (including phenoxy) is 2. The van der Waals surface area contributed by atoms with Crippen LogP contribution < -0.4 is 20.5 Å². The number of hydrogen-bond acceptors (Lipinski definition) is 6. The number of aromatic nitrogens is 1. The third-order valence-corrected chi connectivity index (χ3v) is 5.45. The summed E-state index contributed by atoms with van der Waals surface area (Å²) >= 11 is 7.88. The van der Waals surface area contributed by atoms with Crippen molar-refractivity contribution in [2.75, 3.05) is 19.0 Å². The minimum absolute atomic E-state index is 0.132. The lowest BCUT2D eigenvalue weighted by molar-refractivity contribution is -0.119. The molecule has 0 saturated heterocycles. The molecule has 2 aromatic carbocycles. The van der Waals surface area contributed by atoms with E-state index < -0.39 is 5.91 Å². The van der Waals surface area contributed by atoms with E-state index in [1.165, 1.54) is 19.2 Å². The highest BCUT2D eigenvalue weighted by molar-refractivity contribution is 7.98. The first-order valence-electron chi connectivity index (χ1n) is 9.18. The van der Waals surface area contributed by atoms with E-state index in [9.17, 15) is 9.59 Å². The smallest absolute Gasteiger partial charge is 0.255 e. The lowest BCUT2D eigenvalue weighted by Gasteiger charge is -2.13. The van der Waals surface area contributed by atoms with Crippen molar-refractivity contribution >= 4 is 40.9 Å². The van der Waals surface area contributed by atoms with Gasteiger partial charge in [-0.2, -0.15) is 0 Å². The van der Waals surface area contributed by atoms with Crippen molar-refractivity contribution < 1.29 is 19.1 Å². The van der Waals surface area contributed by atoms with Gasteiger partial charge in [-0.25, -0.2) is 0 Å². The molecule has 3 rings (SSSR count). The van der Waals surface area contributed by atoms with Crippen molar-refractivity contribution in [3.8, 4) is 11.5 Å². The molecular formula is C22H20ClN3O4S. The van der Waals surface area contributed by atoms with Crippen molar-refractivity contribution in [1.82, 2.24) is 4.98 Å². The van der Waals surface area contributed by atoms with Crippen LogP contribution in [0.15, 0.2) is 65.8 Å². The maximum Gasteiger partial charge on any atom is 0.255 e. The van der Waals surface area contributed by atoms with Gasteiger partial charge in [0.15, 0.2) is 18.1 Å². The number of primary amides is 1. The van der Waals surface area contributed by atoms with Gasteiger partial charge in [0.1, 0.15) is 0 Å². The summed E-state index contributed by atoms with van der Waals surface area (Å²) < 4.78 is 10.5. The second-order valence-corrected chi connectivity index (χ2v) is 7.83. The number of hydrogen-bond donors (Lipinski definition) is 2. The molecule has 0 radical (unpaired) electrons. The first kappa shape index (κ1) is 22.5. The third kappa shape index (κ3) is 6.37. The number of thioether (sulfide) groups is 1. The Hall–Kier alpha value is -3.23. The van der Waals surface area contributed by atoms with Gasteiger partial charge in [-0.3, -0.25) is 14.6 Å². The van der Waals surface area contributed by atoms with Gasteiger partial charge in [-0.05, 0) is 48.0 Å². The summed E-state index contributed by atoms with van der Waals surface area (Å²) in [7, 11) is 1.41. The number of carbonyl (C=O) groups is 2. The van der Waals surface area contributed by atoms with Gasteiger partial charge < -0.3 is 20.5 Å². The highest BCUT2D eigenvalue weighted by Gasteiger charge is 2.17. The number of rotatable bonds is 9. The third-order valence-electron chi connectivity index (χ3n) is 4.09. The number of halogens is 1. The molecule has 0 aliphatic carbocycles. The average molecular weight is 458 g/mol. The van der Waals surface area contributed by atoms with Crippen LogP contribution in [-0.2, 0) is 10.5 Å². The number of carbonyl (C=O) groups excluding carboxylic acids is 2. The number of pyridine rings is 1. The van der Waals surface area contributed by atoms with E-state index in [4.69, 9.17) is 26.8 Å². The fourth-order valence-electron chi connectivity index (χ4n) is 2.62. The van der Waals surface area contributed by atoms with Gasteiger partial charge in [0.25, 0.3) is 11.8 Å². The second kappa shape index (κ2) is 10.7. The molecule has 0 fully saturated rings. The predicted octanol–water partition coefficient (Wildman–Crippen LogP) is 4.15. The fraction of sp³-hybridized carbons (Fsp3) is 0.136. The Morgan fingerprint density at radius 3 is 2.61 bits per heavy atom. The van der Waals surface area contributed by atoms with E-state index in [2.05, 4.69) is 10.3 Å². The summed E-state index contributed by atoms with van der Waals surface area (Å²) in [4.78, 5) is 28.8. The van der Waals surface area contributed by atoms with Crippen LogP contribution in [0.1, 0.15) is 15.9 Å². The molecule has 160 valence electrons. The van der Waals surface area contributed by atoms with Crippen molar-refractivity contribution in [1.29, 1.82) is 0 Å². The summed E-state index contributed by atoms with van der Waals surface area (Å²) in [6.45, 7) is -0.354. The van der Waals surface area contributed by atoms with Crippen LogP contribution in [0, 0.1) is 0 Å². The Kier molecular flexibility index (Phi) is 7.75. The van der Waals surface area contributed by atoms with Crippen LogP contribution in [0.4, 0.5) is 5.69 Å². The lowest BCUT2D eigenvalue weighted by atomic mass is 10.1. The van der Waals surface area contributed by atoms with Gasteiger partial charge in [-0.15, -0.1) is 11.8 Å². The van der Waals surface area contributed by atoms with Crippen LogP contribution in [0.5, 0.6) is 11.5 Å². The molecule has 3 aromatic rings. The lowest BCUT2D eigenvalue weighted by Crippen LogP contribution is -2.20. The predicted molar refractivity (Wildman–Crippen MR) is 121 cm³/mol. The molecule has 1 heterocycles. The largest absolute Gasteiger partial charge is 0.493 e. The van der Waals surface area contributed by atoms with E-state index in [0.29, 0.717) is 5.69 Å². The Morgan fingerprint density at radius 2 is 1.97 bits per heavy atom. The number of nitrogens with two attached hydrogens (primary N) is 1. The standard InChI is InChI=1S/C22H20ClN3O4S/c1-29-19-10-15(9-18(23)21(19)30-12-20(24)27)22(28)26-16-4-6-17(7-5-16)31-13-14-3-2-8-25-11-14/h2-11H,12-13H2,1H3,(H2,24,27)(H,26,28). The number of amides is 2. The second-order valence-electron chi connectivity index (χ2n) is 6.37. The van der Waals surface area contributed by atoms with Crippen LogP contribution in [0.3, 0.4) is 0 Å². The highest BCUT2D eigenvalue weighted by atomic mass is 35.5. The zero-order chi connectivity index (χ0) is 22.2. The maximum atomic E-state index is 12.7. The molecule has 0 bridgehead atoms. The SMILES string of the molecule is COc1cc(C(=O)Nc2ccc(SCc3cccnc3)cc2)cc(Cl)c1OCC(N)=O. The summed E-state index contributed by atoms with van der Waals surface area (Å²) in [5.41, 5.74) is 7.15. The molecule has 2 amide bonds. The van der Waals surface area contributed by atoms with Crippen LogP contribution in [-0.4, -0.2) is 30.5 Å². The minimum Gasteiger partial charge on any atom is -0.493 e. The molecule has 0 unspecified atom stereocenters. The van der Waals surface area contributed by atoms with E-state index in [0.717, 1.165) is 16.2 Å². The molecule has 3 N–H and O–H groups in total. The molecule has 0 spiro atoms. The zero-order valence-electron chi connectivity index (χ0n) is 16.6. The van der Waals surface area contributed by atoms with Gasteiger partial charge in [-0.1, -0.05) is 17.7 Å². The molecule has 7 nitrogen and oxygen atoms in total. The number of benzene rings is 2. The maximum absolute atomic E-state index is 12.7. The number of methoxy groups -OCH3 is 1. The zero-order valence-corrected chi connectivity index (χ0v) is 18.2. The minimum atomic E-state index is -0.651. The molecule has 0 aliphatic heterocycles. The summed E-state index contributed by atoms with van der Waals surface area (Å²) in [6, 6.07) is 14.4. The van der Waals surface area contributed by atoms with E-state index in [-0.39, 0.29) is 34.6 Å². The Bertz CT molecular complexity index is 1060. The molecule has 31 heavy (non-hydrogen) atoms. The molecule has 1 aromatic heterocycles. The summed E-state index contributed by atoms with van der Waals surface area (Å²) in [6.07, 6.45) is 3.58. The molecule has 0 aliphatic rings. The summed E-state index contributed by atoms with van der Waals surface area (Å²) in [5.74, 6) is 0.164. The quantitative estimate of drug-likeness (QED) is 0.468. The van der Waals surface area contributed by atoms with E-state index >= 15 is 0 Å². The van der Waals surface area contributed by atoms with Crippen LogP contribution >= 0.6 is 23.4 Å². The number of anilines is 1. The van der Waals surface area contributed by atoms with Gasteiger partial charge in [0, 0.05) is 34.3 Å². The number of nitrogens with one attached hydrogen (secondary N) is 1. The Labute approximate surface area is 188 Å². The Morgan fingerprint density at radius 1 is 1.19 bits per heavy atom. The van der Waals surface area contributed by atoms with Gasteiger partial charge in [0.2, 0.25) is 0 Å². The van der Waals surface area contributed by atoms with E-state index in [1.807, 2.05) is 42.6 Å².